The van der Waals surface area contributed by atoms with Crippen molar-refractivity contribution in [2.45, 2.75) is 25.1 Å². The average molecular weight is 389 g/mol. The van der Waals surface area contributed by atoms with E-state index in [1.807, 2.05) is 7.05 Å². The van der Waals surface area contributed by atoms with Crippen LogP contribution < -0.4 is 5.32 Å². The van der Waals surface area contributed by atoms with Gasteiger partial charge in [-0.3, -0.25) is 4.79 Å². The molecule has 142 valence electrons. The van der Waals surface area contributed by atoms with Gasteiger partial charge in [-0.25, -0.2) is 4.68 Å². The largest absolute Gasteiger partial charge is 0.416 e. The molecule has 1 saturated heterocycles. The lowest BCUT2D eigenvalue weighted by molar-refractivity contribution is -0.137. The van der Waals surface area contributed by atoms with E-state index in [9.17, 15) is 18.0 Å². The fourth-order valence-corrected chi connectivity index (χ4v) is 3.10. The highest BCUT2D eigenvalue weighted by Crippen LogP contribution is 2.30. The van der Waals surface area contributed by atoms with Gasteiger partial charge >= 0.3 is 6.18 Å². The Bertz CT molecular complexity index is 762. The van der Waals surface area contributed by atoms with Crippen LogP contribution in [0.4, 0.5) is 13.2 Å². The van der Waals surface area contributed by atoms with Gasteiger partial charge in [-0.1, -0.05) is 6.07 Å². The van der Waals surface area contributed by atoms with Crippen LogP contribution in [-0.2, 0) is 6.18 Å². The summed E-state index contributed by atoms with van der Waals surface area (Å²) in [6, 6.07) is 6.53. The highest BCUT2D eigenvalue weighted by molar-refractivity contribution is 5.92. The molecule has 2 heterocycles. The summed E-state index contributed by atoms with van der Waals surface area (Å²) in [5.41, 5.74) is -0.246. The number of hydrogen-bond acceptors (Lipinski definition) is 3. The summed E-state index contributed by atoms with van der Waals surface area (Å²) in [5, 5.41) is 7.25. The van der Waals surface area contributed by atoms with E-state index in [-0.39, 0.29) is 35.7 Å². The van der Waals surface area contributed by atoms with E-state index in [0.29, 0.717) is 13.1 Å². The minimum atomic E-state index is -4.42. The lowest BCUT2D eigenvalue weighted by atomic mass is 10.2. The first kappa shape index (κ1) is 20.3. The first-order valence-electron chi connectivity index (χ1n) is 8.09. The zero-order valence-electron chi connectivity index (χ0n) is 14.2. The number of benzene rings is 1. The smallest absolute Gasteiger partial charge is 0.333 e. The Labute approximate surface area is 155 Å². The molecule has 0 aliphatic carbocycles. The fraction of sp³-hybridized carbons (Fsp3) is 0.412. The van der Waals surface area contributed by atoms with Crippen LogP contribution in [0.1, 0.15) is 28.9 Å². The van der Waals surface area contributed by atoms with Crippen LogP contribution in [0.25, 0.3) is 5.69 Å². The zero-order chi connectivity index (χ0) is 18.0. The van der Waals surface area contributed by atoms with E-state index < -0.39 is 11.7 Å². The molecule has 0 bridgehead atoms. The molecule has 1 amide bonds. The molecule has 26 heavy (non-hydrogen) atoms. The Morgan fingerprint density at radius 1 is 1.35 bits per heavy atom. The summed E-state index contributed by atoms with van der Waals surface area (Å²) in [5.74, 6) is -0.191. The number of amides is 1. The van der Waals surface area contributed by atoms with Crippen molar-refractivity contribution in [1.29, 1.82) is 0 Å². The average Bonchev–Trinajstić information content (AvgIpc) is 3.23. The Morgan fingerprint density at radius 2 is 2.12 bits per heavy atom. The quantitative estimate of drug-likeness (QED) is 0.875. The summed E-state index contributed by atoms with van der Waals surface area (Å²) < 4.78 is 39.8. The first-order chi connectivity index (χ1) is 11.9. The van der Waals surface area contributed by atoms with Gasteiger partial charge in [-0.05, 0) is 44.2 Å². The topological polar surface area (TPSA) is 50.2 Å². The Balaban J connectivity index is 0.00000243. The van der Waals surface area contributed by atoms with E-state index >= 15 is 0 Å². The Morgan fingerprint density at radius 3 is 2.81 bits per heavy atom. The maximum atomic E-state index is 12.8. The lowest BCUT2D eigenvalue weighted by Crippen LogP contribution is -2.41. The highest BCUT2D eigenvalue weighted by Gasteiger charge is 2.31. The van der Waals surface area contributed by atoms with Crippen molar-refractivity contribution in [3.8, 4) is 5.69 Å². The SMILES string of the molecule is CNCC1CCCN1C(=O)c1ccn(-c2cccc(C(F)(F)F)c2)n1.Cl. The summed E-state index contributed by atoms with van der Waals surface area (Å²) in [7, 11) is 1.84. The van der Waals surface area contributed by atoms with Crippen molar-refractivity contribution in [1.82, 2.24) is 20.0 Å². The number of hydrogen-bond donors (Lipinski definition) is 1. The molecule has 1 atom stereocenters. The predicted octanol–water partition coefficient (Wildman–Crippen LogP) is 3.14. The van der Waals surface area contributed by atoms with Gasteiger partial charge in [0, 0.05) is 25.3 Å². The number of carbonyl (C=O) groups is 1. The maximum absolute atomic E-state index is 12.8. The molecular weight excluding hydrogens is 369 g/mol. The molecule has 0 spiro atoms. The molecule has 5 nitrogen and oxygen atoms in total. The standard InChI is InChI=1S/C17H19F3N4O.ClH/c1-21-11-14-6-3-8-23(14)16(25)15-7-9-24(22-15)13-5-2-4-12(10-13)17(18,19)20;/h2,4-5,7,9-10,14,21H,3,6,8,11H2,1H3;1H. The number of likely N-dealkylation sites (N-methyl/N-ethyl adjacent to an activating group) is 1. The summed E-state index contributed by atoms with van der Waals surface area (Å²) in [6.07, 6.45) is -1.04. The van der Waals surface area contributed by atoms with E-state index in [2.05, 4.69) is 10.4 Å². The van der Waals surface area contributed by atoms with Crippen molar-refractivity contribution < 1.29 is 18.0 Å². The number of carbonyl (C=O) groups excluding carboxylic acids is 1. The minimum Gasteiger partial charge on any atom is -0.333 e. The number of nitrogens with zero attached hydrogens (tertiary/aromatic N) is 3. The third kappa shape index (κ3) is 4.19. The molecule has 0 radical (unpaired) electrons. The predicted molar refractivity (Wildman–Crippen MR) is 93.8 cm³/mol. The van der Waals surface area contributed by atoms with Crippen LogP contribution in [0.2, 0.25) is 0 Å². The van der Waals surface area contributed by atoms with Crippen LogP contribution >= 0.6 is 12.4 Å². The molecule has 1 N–H and O–H groups in total. The van der Waals surface area contributed by atoms with Gasteiger partial charge in [-0.2, -0.15) is 18.3 Å². The van der Waals surface area contributed by atoms with Crippen LogP contribution in [0, 0.1) is 0 Å². The molecule has 1 aromatic carbocycles. The normalized spacial score (nSPS) is 17.2. The molecule has 1 fully saturated rings. The van der Waals surface area contributed by atoms with E-state index in [0.717, 1.165) is 25.0 Å². The van der Waals surface area contributed by atoms with Crippen LogP contribution in [0.3, 0.4) is 0 Å². The van der Waals surface area contributed by atoms with Gasteiger partial charge < -0.3 is 10.2 Å². The molecule has 3 rings (SSSR count). The van der Waals surface area contributed by atoms with Crippen LogP contribution in [0.5, 0.6) is 0 Å². The fourth-order valence-electron chi connectivity index (χ4n) is 3.10. The van der Waals surface area contributed by atoms with Gasteiger partial charge in [-0.15, -0.1) is 12.4 Å². The van der Waals surface area contributed by atoms with Gasteiger partial charge in [0.05, 0.1) is 11.3 Å². The monoisotopic (exact) mass is 388 g/mol. The zero-order valence-corrected chi connectivity index (χ0v) is 15.0. The molecule has 1 aliphatic heterocycles. The van der Waals surface area contributed by atoms with Crippen molar-refractivity contribution in [2.75, 3.05) is 20.1 Å². The van der Waals surface area contributed by atoms with E-state index in [1.165, 1.54) is 29.1 Å². The summed E-state index contributed by atoms with van der Waals surface area (Å²) >= 11 is 0. The highest BCUT2D eigenvalue weighted by atomic mass is 35.5. The Hall–Kier alpha value is -2.06. The molecule has 0 saturated carbocycles. The number of nitrogens with one attached hydrogen (secondary N) is 1. The van der Waals surface area contributed by atoms with Gasteiger partial charge in [0.15, 0.2) is 5.69 Å². The molecule has 1 aromatic heterocycles. The molecule has 9 heteroatoms. The maximum Gasteiger partial charge on any atom is 0.416 e. The number of halogens is 4. The second-order valence-corrected chi connectivity index (χ2v) is 6.05. The summed E-state index contributed by atoms with van der Waals surface area (Å²) in [6.45, 7) is 1.38. The minimum absolute atomic E-state index is 0. The van der Waals surface area contributed by atoms with Gasteiger partial charge in [0.2, 0.25) is 0 Å². The van der Waals surface area contributed by atoms with Crippen LogP contribution in [0.15, 0.2) is 36.5 Å². The van der Waals surface area contributed by atoms with Crippen molar-refractivity contribution in [2.24, 2.45) is 0 Å². The number of alkyl halides is 3. The lowest BCUT2D eigenvalue weighted by Gasteiger charge is -2.23. The third-order valence-electron chi connectivity index (χ3n) is 4.32. The van der Waals surface area contributed by atoms with Crippen molar-refractivity contribution in [3.05, 3.63) is 47.8 Å². The molecule has 1 aliphatic rings. The molecule has 1 unspecified atom stereocenters. The van der Waals surface area contributed by atoms with Crippen LogP contribution in [-0.4, -0.2) is 46.8 Å². The second kappa shape index (κ2) is 8.09. The molecule has 2 aromatic rings. The van der Waals surface area contributed by atoms with Gasteiger partial charge in [0.1, 0.15) is 0 Å². The number of aromatic nitrogens is 2. The van der Waals surface area contributed by atoms with Gasteiger partial charge in [0.25, 0.3) is 5.91 Å². The first-order valence-corrected chi connectivity index (χ1v) is 8.09. The van der Waals surface area contributed by atoms with Crippen molar-refractivity contribution >= 4 is 18.3 Å². The summed E-state index contributed by atoms with van der Waals surface area (Å²) in [4.78, 5) is 14.4. The van der Waals surface area contributed by atoms with E-state index in [1.54, 1.807) is 4.90 Å². The second-order valence-electron chi connectivity index (χ2n) is 6.05. The Kier molecular flexibility index (Phi) is 6.30. The third-order valence-corrected chi connectivity index (χ3v) is 4.32. The number of likely N-dealkylation sites (tertiary alicyclic amines) is 1. The molecular formula is C17H20ClF3N4O. The van der Waals surface area contributed by atoms with Crippen molar-refractivity contribution in [3.63, 3.8) is 0 Å². The number of rotatable bonds is 4. The van der Waals surface area contributed by atoms with E-state index in [4.69, 9.17) is 0 Å².